The average molecular weight is 329 g/mol. The lowest BCUT2D eigenvalue weighted by molar-refractivity contribution is 0.125. The molecule has 0 amide bonds. The topological polar surface area (TPSA) is 38.0 Å². The van der Waals surface area contributed by atoms with Gasteiger partial charge in [0.15, 0.2) is 0 Å². The number of hydrogen-bond acceptors (Lipinski definition) is 2. The number of benzene rings is 1. The van der Waals surface area contributed by atoms with Crippen molar-refractivity contribution < 1.29 is 4.39 Å². The monoisotopic (exact) mass is 328 g/mol. The van der Waals surface area contributed by atoms with Crippen LogP contribution in [-0.2, 0) is 0 Å². The van der Waals surface area contributed by atoms with Gasteiger partial charge in [0.05, 0.1) is 10.0 Å². The van der Waals surface area contributed by atoms with Crippen LogP contribution in [0.2, 0.25) is 0 Å². The maximum atomic E-state index is 13.3. The van der Waals surface area contributed by atoms with Gasteiger partial charge in [0.2, 0.25) is 0 Å². The highest BCUT2D eigenvalue weighted by molar-refractivity contribution is 9.10. The predicted octanol–water partition coefficient (Wildman–Crippen LogP) is 4.30. The first-order chi connectivity index (χ1) is 8.90. The molecule has 1 fully saturated rings. The fraction of sp³-hybridized carbons (Fsp3) is 0.600. The van der Waals surface area contributed by atoms with Crippen LogP contribution in [0.4, 0.5) is 10.1 Å². The van der Waals surface area contributed by atoms with E-state index in [9.17, 15) is 4.39 Å². The summed E-state index contributed by atoms with van der Waals surface area (Å²) in [5.41, 5.74) is 7.04. The maximum Gasteiger partial charge on any atom is 0.137 e. The second-order valence-electron chi connectivity index (χ2n) is 6.13. The molecule has 1 aromatic rings. The van der Waals surface area contributed by atoms with Crippen LogP contribution in [0.25, 0.3) is 0 Å². The third-order valence-corrected chi connectivity index (χ3v) is 5.21. The molecule has 2 nitrogen and oxygen atoms in total. The minimum Gasteiger partial charge on any atom is -0.378 e. The summed E-state index contributed by atoms with van der Waals surface area (Å²) in [6.07, 6.45) is 4.67. The molecule has 0 aliphatic heterocycles. The first-order valence-corrected chi connectivity index (χ1v) is 7.63. The third-order valence-electron chi connectivity index (χ3n) is 4.60. The van der Waals surface area contributed by atoms with Gasteiger partial charge >= 0.3 is 0 Å². The van der Waals surface area contributed by atoms with Gasteiger partial charge in [-0.3, -0.25) is 0 Å². The summed E-state index contributed by atoms with van der Waals surface area (Å²) in [5.74, 6) is -0.241. The first-order valence-electron chi connectivity index (χ1n) is 6.83. The quantitative estimate of drug-likeness (QED) is 0.868. The van der Waals surface area contributed by atoms with Crippen molar-refractivity contribution in [3.63, 3.8) is 0 Å². The van der Waals surface area contributed by atoms with E-state index in [1.54, 1.807) is 12.1 Å². The lowest BCUT2D eigenvalue weighted by Crippen LogP contribution is -2.58. The van der Waals surface area contributed by atoms with Crippen LogP contribution >= 0.6 is 15.9 Å². The Kier molecular flexibility index (Phi) is 4.21. The molecular weight excluding hydrogens is 307 g/mol. The van der Waals surface area contributed by atoms with Crippen molar-refractivity contribution in [1.29, 1.82) is 0 Å². The van der Waals surface area contributed by atoms with Gasteiger partial charge in [0.1, 0.15) is 5.82 Å². The lowest BCUT2D eigenvalue weighted by atomic mass is 9.63. The Balaban J connectivity index is 2.29. The summed E-state index contributed by atoms with van der Waals surface area (Å²) in [4.78, 5) is 0. The average Bonchev–Trinajstić information content (AvgIpc) is 2.36. The van der Waals surface area contributed by atoms with Crippen LogP contribution < -0.4 is 11.1 Å². The Labute approximate surface area is 123 Å². The molecule has 0 saturated heterocycles. The van der Waals surface area contributed by atoms with Gasteiger partial charge in [-0.1, -0.05) is 26.7 Å². The highest BCUT2D eigenvalue weighted by Crippen LogP contribution is 2.45. The Bertz CT molecular complexity index is 461. The summed E-state index contributed by atoms with van der Waals surface area (Å²) in [7, 11) is 0. The molecular formula is C15H22BrFN2. The Hall–Kier alpha value is -0.610. The molecule has 1 aliphatic carbocycles. The Morgan fingerprint density at radius 2 is 2.00 bits per heavy atom. The highest BCUT2D eigenvalue weighted by Gasteiger charge is 2.45. The van der Waals surface area contributed by atoms with Crippen LogP contribution in [-0.4, -0.2) is 12.1 Å². The molecule has 1 aromatic carbocycles. The molecule has 106 valence electrons. The molecule has 2 rings (SSSR count). The van der Waals surface area contributed by atoms with E-state index in [2.05, 4.69) is 35.1 Å². The van der Waals surface area contributed by atoms with Crippen molar-refractivity contribution >= 4 is 21.6 Å². The standard InChI is InChI=1S/C15H22BrFN2/c1-14(2)7-3-4-8-15(14,10-18)19-11-5-6-13(17)12(16)9-11/h5-6,9,19H,3-4,7-8,10,18H2,1-2H3. The van der Waals surface area contributed by atoms with Crippen LogP contribution in [0.15, 0.2) is 22.7 Å². The van der Waals surface area contributed by atoms with Crippen LogP contribution in [0.3, 0.4) is 0 Å². The molecule has 3 N–H and O–H groups in total. The van der Waals surface area contributed by atoms with Crippen LogP contribution in [0.1, 0.15) is 39.5 Å². The second-order valence-corrected chi connectivity index (χ2v) is 6.99. The molecule has 4 heteroatoms. The van der Waals surface area contributed by atoms with E-state index in [0.29, 0.717) is 11.0 Å². The Morgan fingerprint density at radius 1 is 1.32 bits per heavy atom. The maximum absolute atomic E-state index is 13.3. The van der Waals surface area contributed by atoms with E-state index in [1.165, 1.54) is 25.3 Å². The minimum absolute atomic E-state index is 0.109. The normalized spacial score (nSPS) is 26.2. The smallest absolute Gasteiger partial charge is 0.137 e. The first kappa shape index (κ1) is 14.8. The van der Waals surface area contributed by atoms with Gasteiger partial charge in [-0.2, -0.15) is 0 Å². The second kappa shape index (κ2) is 5.41. The van der Waals surface area contributed by atoms with E-state index < -0.39 is 0 Å². The molecule has 19 heavy (non-hydrogen) atoms. The lowest BCUT2D eigenvalue weighted by Gasteiger charge is -2.51. The molecule has 1 aliphatic rings. The van der Waals surface area contributed by atoms with Crippen LogP contribution in [0.5, 0.6) is 0 Å². The zero-order valence-corrected chi connectivity index (χ0v) is 13.2. The molecule has 1 atom stereocenters. The Morgan fingerprint density at radius 3 is 2.58 bits per heavy atom. The summed E-state index contributed by atoms with van der Waals surface area (Å²) in [5, 5.41) is 3.58. The summed E-state index contributed by atoms with van der Waals surface area (Å²) >= 11 is 3.23. The molecule has 0 aromatic heterocycles. The number of nitrogens with two attached hydrogens (primary N) is 1. The van der Waals surface area contributed by atoms with Crippen molar-refractivity contribution in [2.75, 3.05) is 11.9 Å². The minimum atomic E-state index is -0.241. The molecule has 0 spiro atoms. The predicted molar refractivity (Wildman–Crippen MR) is 81.8 cm³/mol. The van der Waals surface area contributed by atoms with Crippen LogP contribution in [0, 0.1) is 11.2 Å². The molecule has 1 unspecified atom stereocenters. The zero-order chi connectivity index (χ0) is 14.1. The van der Waals surface area contributed by atoms with Gasteiger partial charge in [0, 0.05) is 12.2 Å². The van der Waals surface area contributed by atoms with Crippen molar-refractivity contribution in [2.45, 2.75) is 45.1 Å². The molecule has 0 radical (unpaired) electrons. The largest absolute Gasteiger partial charge is 0.378 e. The SMILES string of the molecule is CC1(C)CCCCC1(CN)Nc1ccc(F)c(Br)c1. The third kappa shape index (κ3) is 2.79. The van der Waals surface area contributed by atoms with E-state index in [4.69, 9.17) is 5.73 Å². The number of nitrogens with one attached hydrogen (secondary N) is 1. The van der Waals surface area contributed by atoms with Gasteiger partial charge in [-0.25, -0.2) is 4.39 Å². The number of hydrogen-bond donors (Lipinski definition) is 2. The van der Waals surface area contributed by atoms with Gasteiger partial charge in [-0.15, -0.1) is 0 Å². The van der Waals surface area contributed by atoms with E-state index in [1.807, 2.05) is 0 Å². The fourth-order valence-corrected chi connectivity index (χ4v) is 3.46. The van der Waals surface area contributed by atoms with E-state index >= 15 is 0 Å². The molecule has 0 heterocycles. The van der Waals surface area contributed by atoms with Crippen molar-refractivity contribution in [3.05, 3.63) is 28.5 Å². The molecule has 1 saturated carbocycles. The summed E-state index contributed by atoms with van der Waals surface area (Å²) in [6.45, 7) is 5.13. The van der Waals surface area contributed by atoms with E-state index in [-0.39, 0.29) is 16.8 Å². The van der Waals surface area contributed by atoms with Crippen molar-refractivity contribution in [1.82, 2.24) is 0 Å². The summed E-state index contributed by atoms with van der Waals surface area (Å²) in [6, 6.07) is 5.05. The molecule has 0 bridgehead atoms. The van der Waals surface area contributed by atoms with Crippen molar-refractivity contribution in [2.24, 2.45) is 11.1 Å². The summed E-state index contributed by atoms with van der Waals surface area (Å²) < 4.78 is 13.8. The van der Waals surface area contributed by atoms with Gasteiger partial charge in [-0.05, 0) is 52.4 Å². The fourth-order valence-electron chi connectivity index (χ4n) is 3.08. The number of rotatable bonds is 3. The van der Waals surface area contributed by atoms with E-state index in [0.717, 1.165) is 12.1 Å². The van der Waals surface area contributed by atoms with Gasteiger partial charge < -0.3 is 11.1 Å². The zero-order valence-electron chi connectivity index (χ0n) is 11.6. The van der Waals surface area contributed by atoms with Crippen molar-refractivity contribution in [3.8, 4) is 0 Å². The highest BCUT2D eigenvalue weighted by atomic mass is 79.9. The number of halogens is 2. The number of anilines is 1. The van der Waals surface area contributed by atoms with Gasteiger partial charge in [0.25, 0.3) is 0 Å².